The van der Waals surface area contributed by atoms with E-state index in [1.807, 2.05) is 20.8 Å². The Kier molecular flexibility index (Phi) is 6.28. The SMILES string of the molecule is CCOC1CC(CC(=O)N(CC(=O)O)C(C)CC)C1. The summed E-state index contributed by atoms with van der Waals surface area (Å²) in [5.74, 6) is -0.643. The fourth-order valence-electron chi connectivity index (χ4n) is 2.43. The topological polar surface area (TPSA) is 66.8 Å². The van der Waals surface area contributed by atoms with Crippen LogP contribution in [0.2, 0.25) is 0 Å². The van der Waals surface area contributed by atoms with Gasteiger partial charge in [0, 0.05) is 19.1 Å². The summed E-state index contributed by atoms with van der Waals surface area (Å²) in [6.07, 6.45) is 3.34. The number of amides is 1. The number of carboxylic acids is 1. The predicted molar refractivity (Wildman–Crippen MR) is 71.9 cm³/mol. The van der Waals surface area contributed by atoms with E-state index in [0.29, 0.717) is 25.0 Å². The zero-order valence-corrected chi connectivity index (χ0v) is 12.1. The monoisotopic (exact) mass is 271 g/mol. The quantitative estimate of drug-likeness (QED) is 0.732. The van der Waals surface area contributed by atoms with Gasteiger partial charge in [0.05, 0.1) is 6.10 Å². The van der Waals surface area contributed by atoms with Gasteiger partial charge in [-0.25, -0.2) is 0 Å². The van der Waals surface area contributed by atoms with Crippen molar-refractivity contribution in [3.63, 3.8) is 0 Å². The second-order valence-corrected chi connectivity index (χ2v) is 5.29. The van der Waals surface area contributed by atoms with Crippen LogP contribution in [0, 0.1) is 5.92 Å². The van der Waals surface area contributed by atoms with Crippen molar-refractivity contribution in [2.24, 2.45) is 5.92 Å². The number of hydrogen-bond acceptors (Lipinski definition) is 3. The molecule has 1 amide bonds. The average molecular weight is 271 g/mol. The predicted octanol–water partition coefficient (Wildman–Crippen LogP) is 1.90. The number of carboxylic acid groups (broad SMARTS) is 1. The summed E-state index contributed by atoms with van der Waals surface area (Å²) in [4.78, 5) is 24.5. The molecule has 1 aliphatic carbocycles. The summed E-state index contributed by atoms with van der Waals surface area (Å²) in [6.45, 7) is 6.33. The molecule has 0 heterocycles. The van der Waals surface area contributed by atoms with Crippen LogP contribution in [0.1, 0.15) is 46.5 Å². The number of nitrogens with zero attached hydrogens (tertiary/aromatic N) is 1. The van der Waals surface area contributed by atoms with Gasteiger partial charge in [-0.15, -0.1) is 0 Å². The van der Waals surface area contributed by atoms with Gasteiger partial charge in [-0.3, -0.25) is 9.59 Å². The highest BCUT2D eigenvalue weighted by atomic mass is 16.5. The molecule has 1 N–H and O–H groups in total. The Hall–Kier alpha value is -1.10. The van der Waals surface area contributed by atoms with Crippen molar-refractivity contribution in [3.8, 4) is 0 Å². The van der Waals surface area contributed by atoms with Crippen LogP contribution in [-0.4, -0.2) is 47.2 Å². The van der Waals surface area contributed by atoms with E-state index in [1.54, 1.807) is 0 Å². The number of carbonyl (C=O) groups is 2. The molecule has 0 aliphatic heterocycles. The molecule has 0 radical (unpaired) electrons. The van der Waals surface area contributed by atoms with Gasteiger partial charge in [-0.1, -0.05) is 6.92 Å². The van der Waals surface area contributed by atoms with Gasteiger partial charge in [-0.2, -0.15) is 0 Å². The summed E-state index contributed by atoms with van der Waals surface area (Å²) < 4.78 is 5.46. The Morgan fingerprint density at radius 1 is 1.37 bits per heavy atom. The maximum Gasteiger partial charge on any atom is 0.323 e. The van der Waals surface area contributed by atoms with Crippen LogP contribution in [0.15, 0.2) is 0 Å². The van der Waals surface area contributed by atoms with Gasteiger partial charge in [0.15, 0.2) is 0 Å². The minimum absolute atomic E-state index is 0.0219. The van der Waals surface area contributed by atoms with Gasteiger partial charge < -0.3 is 14.7 Å². The lowest BCUT2D eigenvalue weighted by molar-refractivity contribution is -0.147. The molecule has 0 spiro atoms. The molecule has 0 aromatic carbocycles. The van der Waals surface area contributed by atoms with E-state index < -0.39 is 5.97 Å². The van der Waals surface area contributed by atoms with Crippen LogP contribution >= 0.6 is 0 Å². The highest BCUT2D eigenvalue weighted by Gasteiger charge is 2.33. The molecule has 5 nitrogen and oxygen atoms in total. The van der Waals surface area contributed by atoms with Gasteiger partial charge in [0.2, 0.25) is 5.91 Å². The molecular formula is C14H25NO4. The molecule has 1 fully saturated rings. The first kappa shape index (κ1) is 16.0. The van der Waals surface area contributed by atoms with Crippen molar-refractivity contribution in [1.29, 1.82) is 0 Å². The molecule has 5 heteroatoms. The highest BCUT2D eigenvalue weighted by Crippen LogP contribution is 2.33. The first-order valence-corrected chi connectivity index (χ1v) is 7.10. The minimum atomic E-state index is -0.950. The summed E-state index contributed by atoms with van der Waals surface area (Å²) in [5.41, 5.74) is 0. The Bertz CT molecular complexity index is 313. The van der Waals surface area contributed by atoms with E-state index in [2.05, 4.69) is 0 Å². The minimum Gasteiger partial charge on any atom is -0.480 e. The van der Waals surface area contributed by atoms with Crippen molar-refractivity contribution < 1.29 is 19.4 Å². The third-order valence-corrected chi connectivity index (χ3v) is 3.81. The second-order valence-electron chi connectivity index (χ2n) is 5.29. The van der Waals surface area contributed by atoms with Gasteiger partial charge in [0.25, 0.3) is 0 Å². The van der Waals surface area contributed by atoms with Crippen molar-refractivity contribution in [1.82, 2.24) is 4.90 Å². The fourth-order valence-corrected chi connectivity index (χ4v) is 2.43. The smallest absolute Gasteiger partial charge is 0.323 e. The highest BCUT2D eigenvalue weighted by molar-refractivity contribution is 5.81. The van der Waals surface area contributed by atoms with Crippen LogP contribution in [0.4, 0.5) is 0 Å². The van der Waals surface area contributed by atoms with E-state index >= 15 is 0 Å². The molecule has 19 heavy (non-hydrogen) atoms. The Morgan fingerprint density at radius 2 is 2.00 bits per heavy atom. The third-order valence-electron chi connectivity index (χ3n) is 3.81. The number of ether oxygens (including phenoxy) is 1. The average Bonchev–Trinajstić information content (AvgIpc) is 2.32. The molecule has 1 saturated carbocycles. The van der Waals surface area contributed by atoms with E-state index in [1.165, 1.54) is 4.90 Å². The normalized spacial score (nSPS) is 23.5. The molecule has 1 rings (SSSR count). The largest absolute Gasteiger partial charge is 0.480 e. The molecule has 0 aromatic heterocycles. The van der Waals surface area contributed by atoms with Gasteiger partial charge in [-0.05, 0) is 39.0 Å². The van der Waals surface area contributed by atoms with Crippen LogP contribution in [-0.2, 0) is 14.3 Å². The van der Waals surface area contributed by atoms with E-state index in [4.69, 9.17) is 9.84 Å². The molecule has 0 saturated heterocycles. The lowest BCUT2D eigenvalue weighted by Crippen LogP contribution is -2.44. The number of carbonyl (C=O) groups excluding carboxylic acids is 1. The van der Waals surface area contributed by atoms with Crippen LogP contribution in [0.3, 0.4) is 0 Å². The zero-order valence-electron chi connectivity index (χ0n) is 12.1. The molecule has 1 atom stereocenters. The number of aliphatic carboxylic acids is 1. The van der Waals surface area contributed by atoms with Crippen molar-refractivity contribution in [2.75, 3.05) is 13.2 Å². The third kappa shape index (κ3) is 4.82. The van der Waals surface area contributed by atoms with Crippen molar-refractivity contribution >= 4 is 11.9 Å². The van der Waals surface area contributed by atoms with E-state index in [9.17, 15) is 9.59 Å². The summed E-state index contributed by atoms with van der Waals surface area (Å²) in [5, 5.41) is 8.88. The molecule has 0 aromatic rings. The second kappa shape index (κ2) is 7.48. The maximum absolute atomic E-state index is 12.2. The maximum atomic E-state index is 12.2. The van der Waals surface area contributed by atoms with E-state index in [0.717, 1.165) is 19.3 Å². The van der Waals surface area contributed by atoms with Gasteiger partial charge >= 0.3 is 5.97 Å². The molecule has 110 valence electrons. The van der Waals surface area contributed by atoms with Crippen molar-refractivity contribution in [2.45, 2.75) is 58.6 Å². The van der Waals surface area contributed by atoms with E-state index in [-0.39, 0.29) is 18.5 Å². The van der Waals surface area contributed by atoms with Crippen LogP contribution in [0.25, 0.3) is 0 Å². The number of rotatable bonds is 8. The first-order chi connectivity index (χ1) is 8.97. The zero-order chi connectivity index (χ0) is 14.4. The molecule has 1 unspecified atom stereocenters. The lowest BCUT2D eigenvalue weighted by atomic mass is 9.79. The first-order valence-electron chi connectivity index (χ1n) is 7.10. The molecule has 1 aliphatic rings. The van der Waals surface area contributed by atoms with Crippen LogP contribution < -0.4 is 0 Å². The number of hydrogen-bond donors (Lipinski definition) is 1. The Labute approximate surface area is 114 Å². The lowest BCUT2D eigenvalue weighted by Gasteiger charge is -2.36. The van der Waals surface area contributed by atoms with Crippen LogP contribution in [0.5, 0.6) is 0 Å². The Morgan fingerprint density at radius 3 is 2.47 bits per heavy atom. The van der Waals surface area contributed by atoms with Crippen molar-refractivity contribution in [3.05, 3.63) is 0 Å². The molecule has 0 bridgehead atoms. The summed E-state index contributed by atoms with van der Waals surface area (Å²) in [7, 11) is 0. The standard InChI is InChI=1S/C14H25NO4/c1-4-10(3)15(9-14(17)18)13(16)8-11-6-12(7-11)19-5-2/h10-12H,4-9H2,1-3H3,(H,17,18). The summed E-state index contributed by atoms with van der Waals surface area (Å²) >= 11 is 0. The molecular weight excluding hydrogens is 246 g/mol. The summed E-state index contributed by atoms with van der Waals surface area (Å²) in [6, 6.07) is -0.0219. The Balaban J connectivity index is 2.42. The van der Waals surface area contributed by atoms with Gasteiger partial charge in [0.1, 0.15) is 6.54 Å². The fraction of sp³-hybridized carbons (Fsp3) is 0.857.